The Morgan fingerprint density at radius 3 is 2.65 bits per heavy atom. The van der Waals surface area contributed by atoms with Crippen molar-refractivity contribution < 1.29 is 4.39 Å². The molecule has 0 unspecified atom stereocenters. The van der Waals surface area contributed by atoms with Gasteiger partial charge in [0.05, 0.1) is 6.54 Å². The molecule has 2 heterocycles. The normalized spacial score (nSPS) is 10.7. The minimum atomic E-state index is -0.234. The molecule has 0 amide bonds. The average Bonchev–Trinajstić information content (AvgIpc) is 2.84. The Bertz CT molecular complexity index is 722. The number of rotatable bonds is 3. The third-order valence-corrected chi connectivity index (χ3v) is 3.03. The van der Waals surface area contributed by atoms with Gasteiger partial charge < -0.3 is 0 Å². The molecule has 0 aliphatic rings. The smallest absolute Gasteiger partial charge is 0.200 e. The fraction of sp³-hybridized carbons (Fsp3) is 0.133. The van der Waals surface area contributed by atoms with Gasteiger partial charge in [0.25, 0.3) is 0 Å². The summed E-state index contributed by atoms with van der Waals surface area (Å²) in [7, 11) is 0. The lowest BCUT2D eigenvalue weighted by atomic mass is 10.2. The van der Waals surface area contributed by atoms with Gasteiger partial charge in [0, 0.05) is 11.8 Å². The van der Waals surface area contributed by atoms with Crippen molar-refractivity contribution in [2.24, 2.45) is 0 Å². The highest BCUT2D eigenvalue weighted by Gasteiger charge is 2.10. The van der Waals surface area contributed by atoms with E-state index in [0.717, 1.165) is 5.82 Å². The fourth-order valence-corrected chi connectivity index (χ4v) is 1.96. The third-order valence-electron chi connectivity index (χ3n) is 3.03. The number of nitrogens with zero attached hydrogens (tertiary/aromatic N) is 4. The summed E-state index contributed by atoms with van der Waals surface area (Å²) in [5.41, 5.74) is 1.30. The number of pyridine rings is 1. The maximum atomic E-state index is 13.7. The zero-order chi connectivity index (χ0) is 13.9. The second-order valence-electron chi connectivity index (χ2n) is 4.45. The van der Waals surface area contributed by atoms with Crippen molar-refractivity contribution in [3.05, 3.63) is 65.9 Å². The van der Waals surface area contributed by atoms with Crippen molar-refractivity contribution in [1.29, 1.82) is 0 Å². The molecule has 20 heavy (non-hydrogen) atoms. The first-order chi connectivity index (χ1) is 9.74. The van der Waals surface area contributed by atoms with Crippen LogP contribution in [0.4, 0.5) is 4.39 Å². The Morgan fingerprint density at radius 2 is 1.90 bits per heavy atom. The molecule has 100 valence electrons. The largest absolute Gasteiger partial charge is 0.253 e. The Morgan fingerprint density at radius 1 is 1.10 bits per heavy atom. The van der Waals surface area contributed by atoms with Gasteiger partial charge in [0.2, 0.25) is 0 Å². The van der Waals surface area contributed by atoms with Crippen LogP contribution in [0.1, 0.15) is 11.4 Å². The molecule has 4 nitrogen and oxygen atoms in total. The van der Waals surface area contributed by atoms with Crippen molar-refractivity contribution in [2.75, 3.05) is 0 Å². The summed E-state index contributed by atoms with van der Waals surface area (Å²) in [5, 5.41) is 4.39. The Hall–Kier alpha value is -2.56. The van der Waals surface area contributed by atoms with E-state index >= 15 is 0 Å². The maximum Gasteiger partial charge on any atom is 0.200 e. The van der Waals surface area contributed by atoms with E-state index in [0.29, 0.717) is 23.6 Å². The van der Waals surface area contributed by atoms with E-state index in [1.165, 1.54) is 6.07 Å². The monoisotopic (exact) mass is 268 g/mol. The molecule has 0 saturated heterocycles. The van der Waals surface area contributed by atoms with Gasteiger partial charge >= 0.3 is 0 Å². The number of aromatic nitrogens is 4. The summed E-state index contributed by atoms with van der Waals surface area (Å²) in [4.78, 5) is 8.59. The second-order valence-corrected chi connectivity index (χ2v) is 4.45. The standard InChI is InChI=1S/C15H13FN4/c1-11-18-15(14-8-4-5-9-17-14)19-20(11)10-12-6-2-3-7-13(12)16/h2-9H,10H2,1H3. The van der Waals surface area contributed by atoms with Crippen molar-refractivity contribution in [2.45, 2.75) is 13.5 Å². The number of halogens is 1. The van der Waals surface area contributed by atoms with Gasteiger partial charge in [-0.2, -0.15) is 0 Å². The molecule has 0 atom stereocenters. The van der Waals surface area contributed by atoms with E-state index in [1.54, 1.807) is 23.0 Å². The van der Waals surface area contributed by atoms with E-state index in [9.17, 15) is 4.39 Å². The van der Waals surface area contributed by atoms with E-state index in [2.05, 4.69) is 15.1 Å². The highest BCUT2D eigenvalue weighted by molar-refractivity contribution is 5.47. The molecule has 0 radical (unpaired) electrons. The summed E-state index contributed by atoms with van der Waals surface area (Å²) in [6.07, 6.45) is 1.70. The summed E-state index contributed by atoms with van der Waals surface area (Å²) < 4.78 is 15.3. The minimum Gasteiger partial charge on any atom is -0.253 e. The SMILES string of the molecule is Cc1nc(-c2ccccn2)nn1Cc1ccccc1F. The lowest BCUT2D eigenvalue weighted by Crippen LogP contribution is -2.05. The van der Waals surface area contributed by atoms with Gasteiger partial charge in [-0.3, -0.25) is 4.98 Å². The van der Waals surface area contributed by atoms with E-state index in [-0.39, 0.29) is 5.82 Å². The first kappa shape index (κ1) is 12.5. The van der Waals surface area contributed by atoms with Crippen LogP contribution in [0.25, 0.3) is 11.5 Å². The summed E-state index contributed by atoms with van der Waals surface area (Å²) in [6, 6.07) is 12.2. The van der Waals surface area contributed by atoms with E-state index in [4.69, 9.17) is 0 Å². The molecule has 3 rings (SSSR count). The van der Waals surface area contributed by atoms with E-state index < -0.39 is 0 Å². The zero-order valence-corrected chi connectivity index (χ0v) is 11.0. The second kappa shape index (κ2) is 5.21. The van der Waals surface area contributed by atoms with Gasteiger partial charge in [-0.25, -0.2) is 14.1 Å². The number of benzene rings is 1. The quantitative estimate of drug-likeness (QED) is 0.733. The van der Waals surface area contributed by atoms with Crippen molar-refractivity contribution >= 4 is 0 Å². The molecule has 0 spiro atoms. The molecular weight excluding hydrogens is 255 g/mol. The molecule has 0 N–H and O–H groups in total. The van der Waals surface area contributed by atoms with E-state index in [1.807, 2.05) is 31.2 Å². The molecule has 0 fully saturated rings. The summed E-state index contributed by atoms with van der Waals surface area (Å²) >= 11 is 0. The Kier molecular flexibility index (Phi) is 3.25. The molecule has 1 aromatic carbocycles. The highest BCUT2D eigenvalue weighted by Crippen LogP contribution is 2.14. The zero-order valence-electron chi connectivity index (χ0n) is 11.0. The maximum absolute atomic E-state index is 13.7. The Balaban J connectivity index is 1.92. The molecule has 5 heteroatoms. The van der Waals surface area contributed by atoms with Crippen LogP contribution in [0.5, 0.6) is 0 Å². The van der Waals surface area contributed by atoms with Crippen LogP contribution < -0.4 is 0 Å². The summed E-state index contributed by atoms with van der Waals surface area (Å²) in [6.45, 7) is 2.21. The molecule has 2 aromatic heterocycles. The lowest BCUT2D eigenvalue weighted by molar-refractivity contribution is 0.579. The van der Waals surface area contributed by atoms with Crippen LogP contribution in [-0.2, 0) is 6.54 Å². The van der Waals surface area contributed by atoms with Crippen LogP contribution >= 0.6 is 0 Å². The van der Waals surface area contributed by atoms with Gasteiger partial charge in [0.1, 0.15) is 17.3 Å². The van der Waals surface area contributed by atoms with Crippen molar-refractivity contribution in [3.63, 3.8) is 0 Å². The van der Waals surface area contributed by atoms with Crippen LogP contribution in [0.2, 0.25) is 0 Å². The minimum absolute atomic E-state index is 0.234. The first-order valence-corrected chi connectivity index (χ1v) is 6.30. The predicted molar refractivity (Wildman–Crippen MR) is 73.5 cm³/mol. The first-order valence-electron chi connectivity index (χ1n) is 6.30. The van der Waals surface area contributed by atoms with Crippen LogP contribution in [0.15, 0.2) is 48.7 Å². The highest BCUT2D eigenvalue weighted by atomic mass is 19.1. The van der Waals surface area contributed by atoms with Crippen LogP contribution in [0, 0.1) is 12.7 Å². The fourth-order valence-electron chi connectivity index (χ4n) is 1.96. The average molecular weight is 268 g/mol. The number of aryl methyl sites for hydroxylation is 1. The Labute approximate surface area is 115 Å². The van der Waals surface area contributed by atoms with Crippen LogP contribution in [0.3, 0.4) is 0 Å². The lowest BCUT2D eigenvalue weighted by Gasteiger charge is -2.04. The molecule has 0 saturated carbocycles. The molecule has 0 aliphatic carbocycles. The van der Waals surface area contributed by atoms with Gasteiger partial charge in [0.15, 0.2) is 5.82 Å². The molecular formula is C15H13FN4. The summed E-state index contributed by atoms with van der Waals surface area (Å²) in [5.74, 6) is 1.05. The van der Waals surface area contributed by atoms with Crippen LogP contribution in [-0.4, -0.2) is 19.7 Å². The third kappa shape index (κ3) is 2.42. The number of hydrogen-bond acceptors (Lipinski definition) is 3. The van der Waals surface area contributed by atoms with Crippen molar-refractivity contribution in [1.82, 2.24) is 19.7 Å². The molecule has 3 aromatic rings. The van der Waals surface area contributed by atoms with Gasteiger partial charge in [-0.05, 0) is 25.1 Å². The molecule has 0 aliphatic heterocycles. The number of hydrogen-bond donors (Lipinski definition) is 0. The van der Waals surface area contributed by atoms with Gasteiger partial charge in [-0.1, -0.05) is 24.3 Å². The van der Waals surface area contributed by atoms with Crippen molar-refractivity contribution in [3.8, 4) is 11.5 Å². The predicted octanol–water partition coefficient (Wildman–Crippen LogP) is 2.84. The van der Waals surface area contributed by atoms with Gasteiger partial charge in [-0.15, -0.1) is 5.10 Å². The molecule has 0 bridgehead atoms. The topological polar surface area (TPSA) is 43.6 Å².